The first-order valence-electron chi connectivity index (χ1n) is 11.1. The van der Waals surface area contributed by atoms with Crippen molar-refractivity contribution in [1.82, 2.24) is 25.6 Å². The molecule has 1 N–H and O–H groups in total. The summed E-state index contributed by atoms with van der Waals surface area (Å²) in [6, 6.07) is 22.8. The van der Waals surface area contributed by atoms with Crippen LogP contribution in [0.5, 0.6) is 5.75 Å². The van der Waals surface area contributed by atoms with Crippen molar-refractivity contribution in [2.75, 3.05) is 6.26 Å². The molecule has 3 aromatic carbocycles. The molecule has 2 heterocycles. The molecule has 184 valence electrons. The molecule has 0 saturated carbocycles. The van der Waals surface area contributed by atoms with Crippen LogP contribution in [0.1, 0.15) is 18.2 Å². The molecule has 36 heavy (non-hydrogen) atoms. The number of tetrazole rings is 1. The lowest BCUT2D eigenvalue weighted by Crippen LogP contribution is -2.01. The molecule has 0 radical (unpaired) electrons. The molecule has 5 rings (SSSR count). The van der Waals surface area contributed by atoms with Crippen LogP contribution in [0.15, 0.2) is 77.7 Å². The molecule has 0 unspecified atom stereocenters. The van der Waals surface area contributed by atoms with Gasteiger partial charge in [0.2, 0.25) is 0 Å². The number of nitrogens with one attached hydrogen (secondary N) is 1. The number of H-pyrrole nitrogens is 1. The molecular formula is C26H24ClN5O3S. The topological polar surface area (TPSA) is 111 Å². The summed E-state index contributed by atoms with van der Waals surface area (Å²) in [5.41, 5.74) is 5.53. The van der Waals surface area contributed by atoms with Gasteiger partial charge in [-0.3, -0.25) is 4.98 Å². The van der Waals surface area contributed by atoms with Crippen molar-refractivity contribution < 1.29 is 13.2 Å². The molecule has 0 amide bonds. The summed E-state index contributed by atoms with van der Waals surface area (Å²) in [7, 11) is -3.34. The second-order valence-electron chi connectivity index (χ2n) is 8.20. The standard InChI is InChI=1S/C26H23N5O3S.ClH/c1-3-19-14-25(23-15-20(35(2,32)33)12-13-24(23)27-19)34-16-17-8-10-18(11-9-17)21-6-4-5-7-22(21)26-28-30-31-29-26;/h4-15H,3,16H2,1-2H3,(H,28,29,30,31);1H. The highest BCUT2D eigenvalue weighted by Crippen LogP contribution is 2.31. The van der Waals surface area contributed by atoms with Gasteiger partial charge in [0.25, 0.3) is 0 Å². The van der Waals surface area contributed by atoms with Crippen molar-refractivity contribution in [3.05, 3.63) is 84.1 Å². The first-order chi connectivity index (χ1) is 16.9. The van der Waals surface area contributed by atoms with Crippen LogP contribution in [-0.4, -0.2) is 40.3 Å². The molecule has 0 fully saturated rings. The normalized spacial score (nSPS) is 11.3. The number of aromatic nitrogens is 5. The Morgan fingerprint density at radius 2 is 1.69 bits per heavy atom. The summed E-state index contributed by atoms with van der Waals surface area (Å²) < 4.78 is 30.3. The maximum Gasteiger partial charge on any atom is 0.180 e. The number of rotatable bonds is 7. The van der Waals surface area contributed by atoms with Crippen molar-refractivity contribution in [3.63, 3.8) is 0 Å². The zero-order valence-electron chi connectivity index (χ0n) is 19.7. The first-order valence-corrected chi connectivity index (χ1v) is 13.0. The molecule has 0 aliphatic heterocycles. The van der Waals surface area contributed by atoms with Crippen LogP contribution in [0, 0.1) is 0 Å². The van der Waals surface area contributed by atoms with Crippen molar-refractivity contribution >= 4 is 33.1 Å². The summed E-state index contributed by atoms with van der Waals surface area (Å²) >= 11 is 0. The van der Waals surface area contributed by atoms with E-state index in [0.717, 1.165) is 34.4 Å². The number of pyridine rings is 1. The van der Waals surface area contributed by atoms with E-state index in [-0.39, 0.29) is 17.3 Å². The van der Waals surface area contributed by atoms with Gasteiger partial charge < -0.3 is 4.74 Å². The monoisotopic (exact) mass is 521 g/mol. The third kappa shape index (κ3) is 5.22. The van der Waals surface area contributed by atoms with E-state index in [1.807, 2.05) is 61.5 Å². The van der Waals surface area contributed by atoms with Gasteiger partial charge >= 0.3 is 0 Å². The van der Waals surface area contributed by atoms with Gasteiger partial charge in [-0.1, -0.05) is 55.5 Å². The highest BCUT2D eigenvalue weighted by molar-refractivity contribution is 7.90. The molecule has 5 aromatic rings. The molecular weight excluding hydrogens is 498 g/mol. The third-order valence-corrected chi connectivity index (χ3v) is 6.88. The summed E-state index contributed by atoms with van der Waals surface area (Å²) in [6.45, 7) is 2.35. The molecule has 10 heteroatoms. The van der Waals surface area contributed by atoms with Gasteiger partial charge in [0.05, 0.1) is 10.4 Å². The smallest absolute Gasteiger partial charge is 0.180 e. The molecule has 0 saturated heterocycles. The average Bonchev–Trinajstić information content (AvgIpc) is 3.41. The van der Waals surface area contributed by atoms with Crippen molar-refractivity contribution in [3.8, 4) is 28.3 Å². The molecule has 0 bridgehead atoms. The van der Waals surface area contributed by atoms with Crippen LogP contribution in [0.3, 0.4) is 0 Å². The Balaban J connectivity index is 0.00000304. The minimum Gasteiger partial charge on any atom is -0.488 e. The Bertz CT molecular complexity index is 1610. The Labute approximate surface area is 215 Å². The van der Waals surface area contributed by atoms with E-state index in [1.165, 1.54) is 6.26 Å². The lowest BCUT2D eigenvalue weighted by atomic mass is 9.98. The van der Waals surface area contributed by atoms with Gasteiger partial charge in [-0.05, 0) is 51.7 Å². The Morgan fingerprint density at radius 1 is 0.944 bits per heavy atom. The van der Waals surface area contributed by atoms with E-state index >= 15 is 0 Å². The summed E-state index contributed by atoms with van der Waals surface area (Å²) in [5.74, 6) is 1.22. The van der Waals surface area contributed by atoms with Crippen molar-refractivity contribution in [2.24, 2.45) is 0 Å². The number of sulfone groups is 1. The number of halogens is 1. The number of benzene rings is 3. The van der Waals surface area contributed by atoms with Crippen LogP contribution in [-0.2, 0) is 22.9 Å². The van der Waals surface area contributed by atoms with E-state index in [4.69, 9.17) is 4.74 Å². The number of aromatic amines is 1. The van der Waals surface area contributed by atoms with Crippen LogP contribution in [0.2, 0.25) is 0 Å². The first kappa shape index (κ1) is 25.3. The minimum atomic E-state index is -3.34. The Morgan fingerprint density at radius 3 is 2.36 bits per heavy atom. The third-order valence-electron chi connectivity index (χ3n) is 5.77. The largest absolute Gasteiger partial charge is 0.488 e. The quantitative estimate of drug-likeness (QED) is 0.319. The summed E-state index contributed by atoms with van der Waals surface area (Å²) in [4.78, 5) is 4.86. The molecule has 0 atom stereocenters. The predicted octanol–water partition coefficient (Wildman–Crippen LogP) is 5.05. The van der Waals surface area contributed by atoms with E-state index in [9.17, 15) is 8.42 Å². The SMILES string of the molecule is CCc1cc(OCc2ccc(-c3ccccc3-c3nnn[nH]3)cc2)c2cc(S(C)(=O)=O)ccc2n1.Cl. The van der Waals surface area contributed by atoms with Gasteiger partial charge in [0.1, 0.15) is 12.4 Å². The van der Waals surface area contributed by atoms with Gasteiger partial charge in [0.15, 0.2) is 15.7 Å². The van der Waals surface area contributed by atoms with Crippen LogP contribution in [0.25, 0.3) is 33.4 Å². The number of aryl methyl sites for hydroxylation is 1. The number of fused-ring (bicyclic) bond motifs is 1. The van der Waals surface area contributed by atoms with E-state index < -0.39 is 9.84 Å². The number of ether oxygens (including phenoxy) is 1. The fourth-order valence-electron chi connectivity index (χ4n) is 3.91. The maximum atomic E-state index is 12.1. The van der Waals surface area contributed by atoms with E-state index in [2.05, 4.69) is 25.6 Å². The summed E-state index contributed by atoms with van der Waals surface area (Å²) in [6.07, 6.45) is 1.94. The van der Waals surface area contributed by atoms with Crippen molar-refractivity contribution in [1.29, 1.82) is 0 Å². The van der Waals surface area contributed by atoms with E-state index in [1.54, 1.807) is 18.2 Å². The fourth-order valence-corrected chi connectivity index (χ4v) is 4.56. The van der Waals surface area contributed by atoms with Crippen LogP contribution in [0.4, 0.5) is 0 Å². The molecule has 0 aliphatic rings. The zero-order chi connectivity index (χ0) is 24.4. The number of hydrogen-bond donors (Lipinski definition) is 1. The van der Waals surface area contributed by atoms with Gasteiger partial charge in [-0.25, -0.2) is 13.5 Å². The molecule has 8 nitrogen and oxygen atoms in total. The van der Waals surface area contributed by atoms with Crippen LogP contribution < -0.4 is 4.74 Å². The Hall–Kier alpha value is -3.82. The average molecular weight is 522 g/mol. The predicted molar refractivity (Wildman–Crippen MR) is 141 cm³/mol. The molecule has 2 aromatic heterocycles. The summed E-state index contributed by atoms with van der Waals surface area (Å²) in [5, 5.41) is 14.9. The van der Waals surface area contributed by atoms with Gasteiger partial charge in [-0.15, -0.1) is 17.5 Å². The van der Waals surface area contributed by atoms with Crippen molar-refractivity contribution in [2.45, 2.75) is 24.8 Å². The second kappa shape index (κ2) is 10.4. The highest BCUT2D eigenvalue weighted by Gasteiger charge is 2.13. The maximum absolute atomic E-state index is 12.1. The van der Waals surface area contributed by atoms with Crippen LogP contribution >= 0.6 is 12.4 Å². The molecule has 0 aliphatic carbocycles. The van der Waals surface area contributed by atoms with Gasteiger partial charge in [-0.2, -0.15) is 0 Å². The zero-order valence-corrected chi connectivity index (χ0v) is 21.3. The fraction of sp³-hybridized carbons (Fsp3) is 0.154. The lowest BCUT2D eigenvalue weighted by molar-refractivity contribution is 0.309. The Kier molecular flexibility index (Phi) is 7.32. The minimum absolute atomic E-state index is 0. The number of hydrogen-bond acceptors (Lipinski definition) is 7. The molecule has 0 spiro atoms. The highest BCUT2D eigenvalue weighted by atomic mass is 35.5. The second-order valence-corrected chi connectivity index (χ2v) is 10.2. The lowest BCUT2D eigenvalue weighted by Gasteiger charge is -2.13. The van der Waals surface area contributed by atoms with Gasteiger partial charge in [0, 0.05) is 29.0 Å². The van der Waals surface area contributed by atoms with E-state index in [0.29, 0.717) is 29.1 Å². The number of nitrogens with zero attached hydrogens (tertiary/aromatic N) is 4.